The van der Waals surface area contributed by atoms with E-state index in [1.807, 2.05) is 12.1 Å². The highest BCUT2D eigenvalue weighted by Gasteiger charge is 2.22. The number of aromatic nitrogens is 2. The average Bonchev–Trinajstić information content (AvgIpc) is 3.02. The molecule has 2 aromatic rings. The zero-order valence-corrected chi connectivity index (χ0v) is 11.4. The van der Waals surface area contributed by atoms with Gasteiger partial charge in [-0.1, -0.05) is 30.3 Å². The molecule has 104 valence electrons. The molecule has 1 aliphatic heterocycles. The zero-order valence-electron chi connectivity index (χ0n) is 11.4. The van der Waals surface area contributed by atoms with Gasteiger partial charge < -0.3 is 10.1 Å². The van der Waals surface area contributed by atoms with Crippen LogP contribution in [-0.4, -0.2) is 23.2 Å². The summed E-state index contributed by atoms with van der Waals surface area (Å²) in [6.07, 6.45) is 5.70. The van der Waals surface area contributed by atoms with Crippen LogP contribution < -0.4 is 5.32 Å². The topological polar surface area (TPSA) is 47.0 Å². The van der Waals surface area contributed by atoms with Crippen LogP contribution in [0.4, 0.5) is 5.95 Å². The van der Waals surface area contributed by atoms with Crippen molar-refractivity contribution < 1.29 is 4.74 Å². The van der Waals surface area contributed by atoms with Crippen LogP contribution >= 0.6 is 0 Å². The molecule has 1 saturated heterocycles. The van der Waals surface area contributed by atoms with E-state index >= 15 is 0 Å². The van der Waals surface area contributed by atoms with E-state index in [2.05, 4.69) is 39.6 Å². The molecule has 3 rings (SSSR count). The van der Waals surface area contributed by atoms with Gasteiger partial charge in [0.15, 0.2) is 0 Å². The first-order chi connectivity index (χ1) is 9.92. The Morgan fingerprint density at radius 1 is 1.15 bits per heavy atom. The summed E-state index contributed by atoms with van der Waals surface area (Å²) in [6, 6.07) is 12.5. The highest BCUT2D eigenvalue weighted by Crippen LogP contribution is 2.28. The lowest BCUT2D eigenvalue weighted by atomic mass is 9.94. The number of nitrogens with one attached hydrogen (secondary N) is 1. The second kappa shape index (κ2) is 6.48. The van der Waals surface area contributed by atoms with Crippen LogP contribution in [0.2, 0.25) is 0 Å². The molecule has 0 bridgehead atoms. The van der Waals surface area contributed by atoms with Gasteiger partial charge >= 0.3 is 0 Å². The van der Waals surface area contributed by atoms with E-state index in [0.717, 1.165) is 26.1 Å². The Morgan fingerprint density at radius 3 is 2.65 bits per heavy atom. The van der Waals surface area contributed by atoms with Crippen molar-refractivity contribution in [1.29, 1.82) is 0 Å². The van der Waals surface area contributed by atoms with Crippen molar-refractivity contribution in [3.8, 4) is 0 Å². The van der Waals surface area contributed by atoms with E-state index in [1.54, 1.807) is 12.4 Å². The van der Waals surface area contributed by atoms with Gasteiger partial charge in [-0.15, -0.1) is 0 Å². The summed E-state index contributed by atoms with van der Waals surface area (Å²) >= 11 is 0. The molecule has 1 aromatic heterocycles. The number of anilines is 1. The average molecular weight is 269 g/mol. The molecular weight excluding hydrogens is 250 g/mol. The molecule has 1 N–H and O–H groups in total. The first kappa shape index (κ1) is 13.1. The van der Waals surface area contributed by atoms with E-state index < -0.39 is 0 Å². The zero-order chi connectivity index (χ0) is 13.6. The molecule has 0 radical (unpaired) electrons. The van der Waals surface area contributed by atoms with Gasteiger partial charge in [-0.25, -0.2) is 9.97 Å². The summed E-state index contributed by atoms with van der Waals surface area (Å²) in [6.45, 7) is 1.74. The maximum atomic E-state index is 5.49. The SMILES string of the molecule is c1ccc([C@H](C[C@@H]2CCOC2)Nc2ncccn2)cc1. The van der Waals surface area contributed by atoms with Gasteiger partial charge in [-0.05, 0) is 30.4 Å². The fourth-order valence-electron chi connectivity index (χ4n) is 2.60. The molecule has 0 aliphatic carbocycles. The lowest BCUT2D eigenvalue weighted by molar-refractivity contribution is 0.183. The van der Waals surface area contributed by atoms with Crippen molar-refractivity contribution in [2.75, 3.05) is 18.5 Å². The fraction of sp³-hybridized carbons (Fsp3) is 0.375. The maximum absolute atomic E-state index is 5.49. The first-order valence-corrected chi connectivity index (χ1v) is 7.08. The van der Waals surface area contributed by atoms with Crippen LogP contribution in [0, 0.1) is 5.92 Å². The van der Waals surface area contributed by atoms with Crippen LogP contribution in [-0.2, 0) is 4.74 Å². The number of benzene rings is 1. The number of hydrogen-bond donors (Lipinski definition) is 1. The molecule has 1 aliphatic rings. The smallest absolute Gasteiger partial charge is 0.223 e. The first-order valence-electron chi connectivity index (χ1n) is 7.08. The molecule has 0 amide bonds. The Kier molecular flexibility index (Phi) is 4.23. The quantitative estimate of drug-likeness (QED) is 0.906. The summed E-state index contributed by atoms with van der Waals surface area (Å²) in [5, 5.41) is 3.44. The Hall–Kier alpha value is -1.94. The van der Waals surface area contributed by atoms with Gasteiger partial charge in [0.1, 0.15) is 0 Å². The highest BCUT2D eigenvalue weighted by atomic mass is 16.5. The summed E-state index contributed by atoms with van der Waals surface area (Å²) in [4.78, 5) is 8.53. The van der Waals surface area contributed by atoms with E-state index in [-0.39, 0.29) is 6.04 Å². The van der Waals surface area contributed by atoms with Gasteiger partial charge in [-0.3, -0.25) is 0 Å². The number of hydrogen-bond acceptors (Lipinski definition) is 4. The number of ether oxygens (including phenoxy) is 1. The van der Waals surface area contributed by atoms with E-state index in [9.17, 15) is 0 Å². The molecular formula is C16H19N3O. The van der Waals surface area contributed by atoms with Crippen molar-refractivity contribution in [1.82, 2.24) is 9.97 Å². The van der Waals surface area contributed by atoms with Gasteiger partial charge in [0.2, 0.25) is 5.95 Å². The minimum Gasteiger partial charge on any atom is -0.381 e. The predicted molar refractivity (Wildman–Crippen MR) is 78.4 cm³/mol. The van der Waals surface area contributed by atoms with Gasteiger partial charge in [0, 0.05) is 25.6 Å². The summed E-state index contributed by atoms with van der Waals surface area (Å²) < 4.78 is 5.49. The summed E-state index contributed by atoms with van der Waals surface area (Å²) in [7, 11) is 0. The third kappa shape index (κ3) is 3.33. The summed E-state index contributed by atoms with van der Waals surface area (Å²) in [5.74, 6) is 1.29. The Balaban J connectivity index is 1.76. The molecule has 2 heterocycles. The van der Waals surface area contributed by atoms with Gasteiger partial charge in [-0.2, -0.15) is 0 Å². The molecule has 1 fully saturated rings. The number of rotatable bonds is 5. The predicted octanol–water partition coefficient (Wildman–Crippen LogP) is 3.06. The molecule has 0 spiro atoms. The van der Waals surface area contributed by atoms with Crippen molar-refractivity contribution >= 4 is 5.95 Å². The third-order valence-corrected chi connectivity index (χ3v) is 3.66. The molecule has 4 nitrogen and oxygen atoms in total. The Labute approximate surface area is 119 Å². The molecule has 0 saturated carbocycles. The number of nitrogens with zero attached hydrogens (tertiary/aromatic N) is 2. The van der Waals surface area contributed by atoms with E-state index in [0.29, 0.717) is 11.9 Å². The van der Waals surface area contributed by atoms with Gasteiger partial charge in [0.05, 0.1) is 6.04 Å². The van der Waals surface area contributed by atoms with E-state index in [4.69, 9.17) is 4.74 Å². The highest BCUT2D eigenvalue weighted by molar-refractivity contribution is 5.31. The van der Waals surface area contributed by atoms with Gasteiger partial charge in [0.25, 0.3) is 0 Å². The van der Waals surface area contributed by atoms with Crippen LogP contribution in [0.5, 0.6) is 0 Å². The largest absolute Gasteiger partial charge is 0.381 e. The van der Waals surface area contributed by atoms with Crippen molar-refractivity contribution in [3.05, 3.63) is 54.4 Å². The minimum atomic E-state index is 0.227. The molecule has 1 aromatic carbocycles. The standard InChI is InChI=1S/C16H19N3O/c1-2-5-14(6-3-1)15(11-13-7-10-20-12-13)19-16-17-8-4-9-18-16/h1-6,8-9,13,15H,7,10-12H2,(H,17,18,19)/t13-,15-/m0/s1. The van der Waals surface area contributed by atoms with Crippen LogP contribution in [0.15, 0.2) is 48.8 Å². The fourth-order valence-corrected chi connectivity index (χ4v) is 2.60. The molecule has 2 atom stereocenters. The maximum Gasteiger partial charge on any atom is 0.223 e. The van der Waals surface area contributed by atoms with Crippen molar-refractivity contribution in [2.24, 2.45) is 5.92 Å². The lowest BCUT2D eigenvalue weighted by Crippen LogP contribution is -2.17. The Bertz CT molecular complexity index is 512. The molecule has 4 heteroatoms. The minimum absolute atomic E-state index is 0.227. The lowest BCUT2D eigenvalue weighted by Gasteiger charge is -2.21. The monoisotopic (exact) mass is 269 g/mol. The van der Waals surface area contributed by atoms with Crippen molar-refractivity contribution in [2.45, 2.75) is 18.9 Å². The molecule has 20 heavy (non-hydrogen) atoms. The third-order valence-electron chi connectivity index (χ3n) is 3.66. The normalized spacial score (nSPS) is 19.7. The second-order valence-corrected chi connectivity index (χ2v) is 5.15. The van der Waals surface area contributed by atoms with Crippen molar-refractivity contribution in [3.63, 3.8) is 0 Å². The Morgan fingerprint density at radius 2 is 1.95 bits per heavy atom. The van der Waals surface area contributed by atoms with Crippen LogP contribution in [0.3, 0.4) is 0 Å². The van der Waals surface area contributed by atoms with Crippen LogP contribution in [0.25, 0.3) is 0 Å². The van der Waals surface area contributed by atoms with E-state index in [1.165, 1.54) is 5.56 Å². The van der Waals surface area contributed by atoms with Crippen LogP contribution in [0.1, 0.15) is 24.4 Å². The molecule has 0 unspecified atom stereocenters. The second-order valence-electron chi connectivity index (χ2n) is 5.15. The summed E-state index contributed by atoms with van der Waals surface area (Å²) in [5.41, 5.74) is 1.27.